The standard InChI is InChI=1S/C38H41N7O3/c1-22(46)28-7-3-4-8-30(28)42-17-24(18-42)20-45-35-29(14-27(16-33(35)48-2)38(47)44-21-26-11-12-31(44)34(26)39)41-37(45)32-15-25-6-5-13-40-36(25)43(32)19-23-9-10-23/h3-8,13-16,23-24,26,31,34H,9-12,17-21,39H2,1-2H3/t26?,31?,34-/m1/s1. The number of ketones is 1. The highest BCUT2D eigenvalue weighted by atomic mass is 16.5. The van der Waals surface area contributed by atoms with Gasteiger partial charge in [-0.25, -0.2) is 9.97 Å². The number of nitrogens with two attached hydrogens (primary N) is 1. The number of hydrogen-bond acceptors (Lipinski definition) is 7. The topological polar surface area (TPSA) is 112 Å². The van der Waals surface area contributed by atoms with E-state index in [-0.39, 0.29) is 23.8 Å². The Labute approximate surface area is 279 Å². The molecule has 2 aromatic carbocycles. The SMILES string of the molecule is COc1cc(C(=O)N2CC3CCC2[C@@H]3N)cc2nc(-c3cc4cccnc4n3CC3CC3)n(CC3CN(c4ccccc4C(C)=O)C3)c12. The molecule has 4 aliphatic rings. The number of rotatable bonds is 9. The minimum Gasteiger partial charge on any atom is -0.494 e. The van der Waals surface area contributed by atoms with E-state index < -0.39 is 0 Å². The molecule has 48 heavy (non-hydrogen) atoms. The summed E-state index contributed by atoms with van der Waals surface area (Å²) in [5, 5.41) is 1.09. The van der Waals surface area contributed by atoms with Gasteiger partial charge in [-0.3, -0.25) is 9.59 Å². The number of carbonyl (C=O) groups is 2. The summed E-state index contributed by atoms with van der Waals surface area (Å²) in [6.07, 6.45) is 6.36. The molecule has 10 nitrogen and oxygen atoms in total. The summed E-state index contributed by atoms with van der Waals surface area (Å²) in [4.78, 5) is 40.7. The van der Waals surface area contributed by atoms with Gasteiger partial charge in [-0.05, 0) is 86.9 Å². The molecule has 9 rings (SSSR count). The van der Waals surface area contributed by atoms with Gasteiger partial charge in [0.1, 0.15) is 16.9 Å². The molecule has 2 aliphatic heterocycles. The molecule has 2 saturated heterocycles. The van der Waals surface area contributed by atoms with Gasteiger partial charge in [0.25, 0.3) is 5.91 Å². The number of aromatic nitrogens is 4. The Morgan fingerprint density at radius 2 is 1.75 bits per heavy atom. The second kappa shape index (κ2) is 11.2. The fourth-order valence-corrected chi connectivity index (χ4v) is 8.53. The first-order chi connectivity index (χ1) is 23.4. The summed E-state index contributed by atoms with van der Waals surface area (Å²) in [5.41, 5.74) is 12.5. The highest BCUT2D eigenvalue weighted by molar-refractivity contribution is 6.01. The first-order valence-corrected chi connectivity index (χ1v) is 17.3. The monoisotopic (exact) mass is 643 g/mol. The minimum absolute atomic E-state index is 0.000214. The molecule has 0 radical (unpaired) electrons. The Bertz CT molecular complexity index is 2090. The lowest BCUT2D eigenvalue weighted by Gasteiger charge is -2.42. The van der Waals surface area contributed by atoms with Crippen molar-refractivity contribution in [2.24, 2.45) is 23.5 Å². The molecule has 4 fully saturated rings. The molecule has 246 valence electrons. The number of nitrogens with zero attached hydrogens (tertiary/aromatic N) is 6. The molecular formula is C38H41N7O3. The second-order valence-corrected chi connectivity index (χ2v) is 14.4. The number of pyridine rings is 1. The lowest BCUT2D eigenvalue weighted by Crippen LogP contribution is -2.49. The first-order valence-electron chi connectivity index (χ1n) is 17.3. The Hall–Kier alpha value is -4.70. The van der Waals surface area contributed by atoms with Crippen LogP contribution in [0, 0.1) is 17.8 Å². The van der Waals surface area contributed by atoms with Crippen LogP contribution in [0.5, 0.6) is 5.75 Å². The lowest BCUT2D eigenvalue weighted by atomic mass is 9.96. The van der Waals surface area contributed by atoms with Crippen molar-refractivity contribution in [3.63, 3.8) is 0 Å². The number of amides is 1. The maximum absolute atomic E-state index is 14.0. The van der Waals surface area contributed by atoms with Gasteiger partial charge < -0.3 is 29.4 Å². The largest absolute Gasteiger partial charge is 0.494 e. The Kier molecular flexibility index (Phi) is 6.86. The van der Waals surface area contributed by atoms with Crippen LogP contribution in [0.4, 0.5) is 5.69 Å². The maximum Gasteiger partial charge on any atom is 0.254 e. The summed E-state index contributed by atoms with van der Waals surface area (Å²) in [6.45, 7) is 5.61. The van der Waals surface area contributed by atoms with Crippen LogP contribution in [0.25, 0.3) is 33.6 Å². The van der Waals surface area contributed by atoms with Gasteiger partial charge in [0, 0.05) is 79.1 Å². The third-order valence-corrected chi connectivity index (χ3v) is 11.2. The average Bonchev–Trinajstić information content (AvgIpc) is 3.44. The average molecular weight is 644 g/mol. The van der Waals surface area contributed by atoms with Crippen LogP contribution in [0.1, 0.15) is 53.3 Å². The lowest BCUT2D eigenvalue weighted by molar-refractivity contribution is 0.0700. The molecule has 2 unspecified atom stereocenters. The molecule has 2 bridgehead atoms. The second-order valence-electron chi connectivity index (χ2n) is 14.4. The number of benzene rings is 2. The van der Waals surface area contributed by atoms with Crippen molar-refractivity contribution in [1.82, 2.24) is 24.0 Å². The fraction of sp³-hybridized carbons (Fsp3) is 0.421. The molecular weight excluding hydrogens is 602 g/mol. The van der Waals surface area contributed by atoms with E-state index in [1.165, 1.54) is 12.8 Å². The van der Waals surface area contributed by atoms with Crippen LogP contribution in [-0.2, 0) is 13.1 Å². The van der Waals surface area contributed by atoms with Gasteiger partial charge in [-0.15, -0.1) is 0 Å². The first kappa shape index (κ1) is 29.4. The van der Waals surface area contributed by atoms with E-state index in [2.05, 4.69) is 26.2 Å². The predicted molar refractivity (Wildman–Crippen MR) is 185 cm³/mol. The van der Waals surface area contributed by atoms with Crippen molar-refractivity contribution >= 4 is 39.4 Å². The van der Waals surface area contributed by atoms with Crippen molar-refractivity contribution in [2.45, 2.75) is 57.8 Å². The Morgan fingerprint density at radius 3 is 2.48 bits per heavy atom. The van der Waals surface area contributed by atoms with Crippen molar-refractivity contribution in [2.75, 3.05) is 31.6 Å². The molecule has 5 heterocycles. The highest BCUT2D eigenvalue weighted by Gasteiger charge is 2.47. The van der Waals surface area contributed by atoms with Crippen molar-refractivity contribution in [3.05, 3.63) is 71.9 Å². The van der Waals surface area contributed by atoms with Crippen LogP contribution in [0.15, 0.2) is 60.8 Å². The van der Waals surface area contributed by atoms with E-state index in [1.807, 2.05) is 53.6 Å². The minimum atomic E-state index is -0.000214. The van der Waals surface area contributed by atoms with Crippen LogP contribution >= 0.6 is 0 Å². The van der Waals surface area contributed by atoms with Crippen molar-refractivity contribution in [3.8, 4) is 17.3 Å². The molecule has 2 saturated carbocycles. The number of ether oxygens (including phenoxy) is 1. The van der Waals surface area contributed by atoms with Crippen LogP contribution < -0.4 is 15.4 Å². The highest BCUT2D eigenvalue weighted by Crippen LogP contribution is 2.41. The summed E-state index contributed by atoms with van der Waals surface area (Å²) in [7, 11) is 1.67. The Morgan fingerprint density at radius 1 is 0.938 bits per heavy atom. The van der Waals surface area contributed by atoms with E-state index >= 15 is 0 Å². The number of hydrogen-bond donors (Lipinski definition) is 1. The zero-order chi connectivity index (χ0) is 32.7. The predicted octanol–water partition coefficient (Wildman–Crippen LogP) is 5.37. The van der Waals surface area contributed by atoms with E-state index in [4.69, 9.17) is 20.4 Å². The van der Waals surface area contributed by atoms with E-state index in [0.29, 0.717) is 35.6 Å². The van der Waals surface area contributed by atoms with E-state index in [1.54, 1.807) is 14.0 Å². The third kappa shape index (κ3) is 4.71. The van der Waals surface area contributed by atoms with Crippen molar-refractivity contribution < 1.29 is 14.3 Å². The van der Waals surface area contributed by atoms with Gasteiger partial charge in [0.15, 0.2) is 11.6 Å². The summed E-state index contributed by atoms with van der Waals surface area (Å²) >= 11 is 0. The smallest absolute Gasteiger partial charge is 0.254 e. The Balaban J connectivity index is 1.14. The number of carbonyl (C=O) groups excluding carboxylic acids is 2. The molecule has 5 aromatic rings. The van der Waals surface area contributed by atoms with E-state index in [0.717, 1.165) is 83.9 Å². The third-order valence-electron chi connectivity index (χ3n) is 11.2. The molecule has 0 spiro atoms. The van der Waals surface area contributed by atoms with Crippen molar-refractivity contribution in [1.29, 1.82) is 0 Å². The van der Waals surface area contributed by atoms with Crippen LogP contribution in [-0.4, -0.2) is 74.5 Å². The van der Waals surface area contributed by atoms with E-state index in [9.17, 15) is 9.59 Å². The number of para-hydroxylation sites is 1. The number of methoxy groups -OCH3 is 1. The molecule has 3 aromatic heterocycles. The van der Waals surface area contributed by atoms with Crippen LogP contribution in [0.3, 0.4) is 0 Å². The molecule has 3 atom stereocenters. The van der Waals surface area contributed by atoms with Gasteiger partial charge in [0.2, 0.25) is 0 Å². The normalized spacial score (nSPS) is 22.2. The van der Waals surface area contributed by atoms with Gasteiger partial charge in [-0.1, -0.05) is 12.1 Å². The quantitative estimate of drug-likeness (QED) is 0.215. The number of piperidine rings is 1. The molecule has 2 N–H and O–H groups in total. The molecule has 1 amide bonds. The number of imidazole rings is 1. The number of fused-ring (bicyclic) bond motifs is 4. The number of anilines is 1. The summed E-state index contributed by atoms with van der Waals surface area (Å²) < 4.78 is 10.7. The number of likely N-dealkylation sites (tertiary alicyclic amines) is 1. The zero-order valence-electron chi connectivity index (χ0n) is 27.5. The summed E-state index contributed by atoms with van der Waals surface area (Å²) in [6, 6.07) is 18.1. The van der Waals surface area contributed by atoms with Gasteiger partial charge >= 0.3 is 0 Å². The number of Topliss-reactive ketones (excluding diaryl/α,β-unsaturated/α-hetero) is 1. The van der Waals surface area contributed by atoms with Gasteiger partial charge in [0.05, 0.1) is 18.3 Å². The van der Waals surface area contributed by atoms with Crippen LogP contribution in [0.2, 0.25) is 0 Å². The summed E-state index contributed by atoms with van der Waals surface area (Å²) in [5.74, 6) is 2.92. The molecule has 2 aliphatic carbocycles. The zero-order valence-corrected chi connectivity index (χ0v) is 27.5. The fourth-order valence-electron chi connectivity index (χ4n) is 8.53. The van der Waals surface area contributed by atoms with Gasteiger partial charge in [-0.2, -0.15) is 0 Å². The molecule has 10 heteroatoms. The maximum atomic E-state index is 14.0.